The van der Waals surface area contributed by atoms with E-state index in [0.717, 1.165) is 0 Å². The average molecular weight is 318 g/mol. The molecule has 0 saturated carbocycles. The SMILES string of the molecule is COCCC(CO)COCC(CO)(CO)CCC(F)(F)F. The lowest BCUT2D eigenvalue weighted by Gasteiger charge is -2.30. The topological polar surface area (TPSA) is 79.2 Å². The van der Waals surface area contributed by atoms with E-state index >= 15 is 0 Å². The number of hydrogen-bond donors (Lipinski definition) is 3. The number of ether oxygens (including phenoxy) is 2. The summed E-state index contributed by atoms with van der Waals surface area (Å²) in [6.07, 6.45) is -5.29. The molecular weight excluding hydrogens is 293 g/mol. The molecule has 1 unspecified atom stereocenters. The number of hydrogen-bond acceptors (Lipinski definition) is 5. The van der Waals surface area contributed by atoms with Crippen LogP contribution in [0.15, 0.2) is 0 Å². The van der Waals surface area contributed by atoms with Gasteiger partial charge in [0.05, 0.1) is 26.4 Å². The first kappa shape index (κ1) is 20.6. The van der Waals surface area contributed by atoms with Gasteiger partial charge in [0.15, 0.2) is 0 Å². The molecule has 0 aliphatic rings. The Morgan fingerprint density at radius 2 is 1.67 bits per heavy atom. The number of rotatable bonds is 12. The molecule has 0 fully saturated rings. The number of methoxy groups -OCH3 is 1. The van der Waals surface area contributed by atoms with E-state index in [9.17, 15) is 23.4 Å². The third-order valence-corrected chi connectivity index (χ3v) is 3.36. The normalized spacial score (nSPS) is 14.4. The van der Waals surface area contributed by atoms with Gasteiger partial charge in [0.2, 0.25) is 0 Å². The summed E-state index contributed by atoms with van der Waals surface area (Å²) in [6, 6.07) is 0. The molecular formula is C13H25F3O5. The Morgan fingerprint density at radius 1 is 1.05 bits per heavy atom. The fourth-order valence-corrected chi connectivity index (χ4v) is 1.73. The van der Waals surface area contributed by atoms with Crippen LogP contribution in [0.3, 0.4) is 0 Å². The van der Waals surface area contributed by atoms with E-state index in [2.05, 4.69) is 0 Å². The largest absolute Gasteiger partial charge is 0.396 e. The molecule has 0 radical (unpaired) electrons. The molecule has 8 heteroatoms. The summed E-state index contributed by atoms with van der Waals surface area (Å²) in [5.41, 5.74) is -1.32. The first-order chi connectivity index (χ1) is 9.82. The summed E-state index contributed by atoms with van der Waals surface area (Å²) in [5, 5.41) is 27.6. The first-order valence-corrected chi connectivity index (χ1v) is 6.78. The Bertz CT molecular complexity index is 257. The number of halogens is 3. The first-order valence-electron chi connectivity index (χ1n) is 6.78. The Balaban J connectivity index is 4.30. The third-order valence-electron chi connectivity index (χ3n) is 3.36. The van der Waals surface area contributed by atoms with Crippen LogP contribution in [-0.2, 0) is 9.47 Å². The van der Waals surface area contributed by atoms with Crippen LogP contribution in [0, 0.1) is 11.3 Å². The summed E-state index contributed by atoms with van der Waals surface area (Å²) >= 11 is 0. The molecule has 0 aliphatic heterocycles. The zero-order chi connectivity index (χ0) is 16.4. The van der Waals surface area contributed by atoms with E-state index in [1.807, 2.05) is 0 Å². The van der Waals surface area contributed by atoms with Crippen LogP contribution in [-0.4, -0.2) is 68.2 Å². The van der Waals surface area contributed by atoms with Crippen LogP contribution in [0.25, 0.3) is 0 Å². The van der Waals surface area contributed by atoms with Crippen molar-refractivity contribution in [2.24, 2.45) is 11.3 Å². The lowest BCUT2D eigenvalue weighted by Crippen LogP contribution is -2.37. The van der Waals surface area contributed by atoms with Gasteiger partial charge >= 0.3 is 6.18 Å². The second-order valence-electron chi connectivity index (χ2n) is 5.28. The van der Waals surface area contributed by atoms with Crippen molar-refractivity contribution in [2.75, 3.05) is 46.8 Å². The molecule has 3 N–H and O–H groups in total. The molecule has 0 aliphatic carbocycles. The van der Waals surface area contributed by atoms with E-state index in [0.29, 0.717) is 13.0 Å². The highest BCUT2D eigenvalue weighted by atomic mass is 19.4. The zero-order valence-corrected chi connectivity index (χ0v) is 12.2. The molecule has 0 aromatic carbocycles. The Labute approximate surface area is 122 Å². The minimum atomic E-state index is -4.35. The monoisotopic (exact) mass is 318 g/mol. The molecule has 0 spiro atoms. The number of alkyl halides is 3. The number of aliphatic hydroxyl groups excluding tert-OH is 3. The molecule has 0 heterocycles. The second kappa shape index (κ2) is 10.3. The van der Waals surface area contributed by atoms with Gasteiger partial charge in [0.25, 0.3) is 0 Å². The van der Waals surface area contributed by atoms with Gasteiger partial charge in [-0.3, -0.25) is 0 Å². The summed E-state index contributed by atoms with van der Waals surface area (Å²) < 4.78 is 46.9. The molecule has 21 heavy (non-hydrogen) atoms. The van der Waals surface area contributed by atoms with Crippen LogP contribution in [0.2, 0.25) is 0 Å². The highest BCUT2D eigenvalue weighted by Crippen LogP contribution is 2.31. The zero-order valence-electron chi connectivity index (χ0n) is 12.2. The predicted octanol–water partition coefficient (Wildman–Crippen LogP) is 0.961. The Kier molecular flexibility index (Phi) is 10.1. The van der Waals surface area contributed by atoms with Crippen molar-refractivity contribution in [1.82, 2.24) is 0 Å². The van der Waals surface area contributed by atoms with Gasteiger partial charge in [-0.05, 0) is 12.8 Å². The van der Waals surface area contributed by atoms with Crippen molar-refractivity contribution in [1.29, 1.82) is 0 Å². The quantitative estimate of drug-likeness (QED) is 0.499. The van der Waals surface area contributed by atoms with Crippen molar-refractivity contribution in [2.45, 2.75) is 25.4 Å². The lowest BCUT2D eigenvalue weighted by atomic mass is 9.85. The maximum Gasteiger partial charge on any atom is 0.389 e. The highest BCUT2D eigenvalue weighted by molar-refractivity contribution is 4.79. The molecule has 0 aromatic rings. The minimum Gasteiger partial charge on any atom is -0.396 e. The fourth-order valence-electron chi connectivity index (χ4n) is 1.73. The third kappa shape index (κ3) is 9.26. The van der Waals surface area contributed by atoms with Crippen molar-refractivity contribution in [3.8, 4) is 0 Å². The van der Waals surface area contributed by atoms with E-state index in [4.69, 9.17) is 14.6 Å². The Morgan fingerprint density at radius 3 is 2.10 bits per heavy atom. The van der Waals surface area contributed by atoms with Crippen LogP contribution >= 0.6 is 0 Å². The van der Waals surface area contributed by atoms with E-state index < -0.39 is 37.6 Å². The molecule has 0 saturated heterocycles. The molecule has 0 rings (SSSR count). The van der Waals surface area contributed by atoms with Crippen molar-refractivity contribution in [3.63, 3.8) is 0 Å². The van der Waals surface area contributed by atoms with E-state index in [1.54, 1.807) is 0 Å². The standard InChI is InChI=1S/C13H25F3O5/c1-20-5-2-11(6-17)7-21-10-12(8-18,9-19)3-4-13(14,15)16/h11,17-19H,2-10H2,1H3. The van der Waals surface area contributed by atoms with Crippen molar-refractivity contribution < 1.29 is 38.0 Å². The summed E-state index contributed by atoms with van der Waals surface area (Å²) in [6.45, 7) is -0.943. The molecule has 1 atom stereocenters. The van der Waals surface area contributed by atoms with Crippen LogP contribution < -0.4 is 0 Å². The smallest absolute Gasteiger partial charge is 0.389 e. The van der Waals surface area contributed by atoms with Crippen LogP contribution in [0.1, 0.15) is 19.3 Å². The van der Waals surface area contributed by atoms with E-state index in [1.165, 1.54) is 7.11 Å². The minimum absolute atomic E-state index is 0.128. The van der Waals surface area contributed by atoms with Gasteiger partial charge in [0, 0.05) is 38.1 Å². The van der Waals surface area contributed by atoms with Crippen molar-refractivity contribution in [3.05, 3.63) is 0 Å². The highest BCUT2D eigenvalue weighted by Gasteiger charge is 2.36. The maximum absolute atomic E-state index is 12.3. The molecule has 5 nitrogen and oxygen atoms in total. The van der Waals surface area contributed by atoms with Gasteiger partial charge in [-0.1, -0.05) is 0 Å². The summed E-state index contributed by atoms with van der Waals surface area (Å²) in [4.78, 5) is 0. The number of aliphatic hydroxyl groups is 3. The van der Waals surface area contributed by atoms with Crippen LogP contribution in [0.4, 0.5) is 13.2 Å². The van der Waals surface area contributed by atoms with Gasteiger partial charge in [-0.25, -0.2) is 0 Å². The predicted molar refractivity (Wildman–Crippen MR) is 69.8 cm³/mol. The van der Waals surface area contributed by atoms with Crippen LogP contribution in [0.5, 0.6) is 0 Å². The van der Waals surface area contributed by atoms with E-state index in [-0.39, 0.29) is 25.7 Å². The maximum atomic E-state index is 12.3. The average Bonchev–Trinajstić information content (AvgIpc) is 2.45. The summed E-state index contributed by atoms with van der Waals surface area (Å²) in [7, 11) is 1.52. The van der Waals surface area contributed by atoms with Gasteiger partial charge < -0.3 is 24.8 Å². The molecule has 0 bridgehead atoms. The molecule has 128 valence electrons. The fraction of sp³-hybridized carbons (Fsp3) is 1.00. The molecule has 0 aromatic heterocycles. The van der Waals surface area contributed by atoms with Gasteiger partial charge in [-0.15, -0.1) is 0 Å². The van der Waals surface area contributed by atoms with Gasteiger partial charge in [-0.2, -0.15) is 13.2 Å². The lowest BCUT2D eigenvalue weighted by molar-refractivity contribution is -0.149. The van der Waals surface area contributed by atoms with Gasteiger partial charge in [0.1, 0.15) is 0 Å². The second-order valence-corrected chi connectivity index (χ2v) is 5.28. The van der Waals surface area contributed by atoms with Crippen molar-refractivity contribution >= 4 is 0 Å². The Hall–Kier alpha value is -0.410. The molecule has 0 amide bonds. The summed E-state index contributed by atoms with van der Waals surface area (Å²) in [5.74, 6) is -0.192.